The first-order valence-corrected chi connectivity index (χ1v) is 13.9. The van der Waals surface area contributed by atoms with Crippen molar-refractivity contribution in [2.24, 2.45) is 11.1 Å². The molecule has 2 amide bonds. The molecule has 3 aromatic carbocycles. The van der Waals surface area contributed by atoms with Crippen LogP contribution in [0.2, 0.25) is 0 Å². The van der Waals surface area contributed by atoms with E-state index in [1.54, 1.807) is 23.1 Å². The van der Waals surface area contributed by atoms with E-state index in [2.05, 4.69) is 5.32 Å². The van der Waals surface area contributed by atoms with Crippen molar-refractivity contribution >= 4 is 40.2 Å². The lowest BCUT2D eigenvalue weighted by Gasteiger charge is -2.32. The normalized spacial score (nSPS) is 18.2. The summed E-state index contributed by atoms with van der Waals surface area (Å²) in [6, 6.07) is 19.5. The number of likely N-dealkylation sites (tertiary alicyclic amines) is 1. The van der Waals surface area contributed by atoms with E-state index < -0.39 is 11.5 Å². The van der Waals surface area contributed by atoms with Crippen molar-refractivity contribution in [3.8, 4) is 11.3 Å². The fourth-order valence-electron chi connectivity index (χ4n) is 4.90. The van der Waals surface area contributed by atoms with Crippen molar-refractivity contribution < 1.29 is 14.4 Å². The molecule has 0 bridgehead atoms. The summed E-state index contributed by atoms with van der Waals surface area (Å²) in [7, 11) is 0. The number of carbonyl (C=O) groups is 3. The van der Waals surface area contributed by atoms with Crippen molar-refractivity contribution in [1.82, 2.24) is 15.2 Å². The number of aromatic nitrogens is 1. The fourth-order valence-corrected chi connectivity index (χ4v) is 5.85. The summed E-state index contributed by atoms with van der Waals surface area (Å²) in [6.45, 7) is 6.22. The van der Waals surface area contributed by atoms with Crippen LogP contribution in [0.4, 0.5) is 0 Å². The highest BCUT2D eigenvalue weighted by Crippen LogP contribution is 2.37. The number of carbonyl (C=O) groups excluding carboxylic acids is 3. The monoisotopic (exact) mass is 540 g/mol. The van der Waals surface area contributed by atoms with E-state index in [0.717, 1.165) is 33.3 Å². The lowest BCUT2D eigenvalue weighted by molar-refractivity contribution is -0.136. The molecule has 3 N–H and O–H groups in total. The predicted molar refractivity (Wildman–Crippen MR) is 155 cm³/mol. The second-order valence-corrected chi connectivity index (χ2v) is 12.0. The molecule has 0 radical (unpaired) electrons. The number of thiazole rings is 1. The standard InChI is InChI=1S/C31H32N4O3S/c1-31(2,3)27(32)30(38)35-16-24(15-26(35)29-34-25(18-39-29)20-7-5-4-6-8-20)33-28(37)23-12-11-21-13-19(17-36)9-10-22(21)14-23/h4-14,17-18,24,26-27H,15-16,32H2,1-3H3,(H,33,37). The zero-order valence-corrected chi connectivity index (χ0v) is 23.1. The maximum absolute atomic E-state index is 13.6. The van der Waals surface area contributed by atoms with E-state index in [4.69, 9.17) is 10.7 Å². The number of fused-ring (bicyclic) bond motifs is 1. The van der Waals surface area contributed by atoms with Crippen LogP contribution in [-0.2, 0) is 4.79 Å². The molecule has 0 aliphatic carbocycles. The van der Waals surface area contributed by atoms with Gasteiger partial charge in [0.15, 0.2) is 0 Å². The molecule has 7 nitrogen and oxygen atoms in total. The molecular formula is C31H32N4O3S. The van der Waals surface area contributed by atoms with E-state index >= 15 is 0 Å². The minimum absolute atomic E-state index is 0.141. The molecule has 1 aromatic heterocycles. The van der Waals surface area contributed by atoms with Crippen molar-refractivity contribution in [2.75, 3.05) is 6.54 Å². The van der Waals surface area contributed by atoms with Gasteiger partial charge in [0.1, 0.15) is 11.3 Å². The van der Waals surface area contributed by atoms with Crippen LogP contribution in [0.15, 0.2) is 72.1 Å². The first-order chi connectivity index (χ1) is 18.6. The Hall–Kier alpha value is -3.88. The van der Waals surface area contributed by atoms with Gasteiger partial charge in [0.25, 0.3) is 5.91 Å². The largest absolute Gasteiger partial charge is 0.347 e. The molecule has 4 aromatic rings. The van der Waals surface area contributed by atoms with Crippen LogP contribution in [0, 0.1) is 5.41 Å². The summed E-state index contributed by atoms with van der Waals surface area (Å²) < 4.78 is 0. The highest BCUT2D eigenvalue weighted by Gasteiger charge is 2.42. The van der Waals surface area contributed by atoms with Gasteiger partial charge in [0.2, 0.25) is 5.91 Å². The number of hydrogen-bond acceptors (Lipinski definition) is 6. The van der Waals surface area contributed by atoms with Gasteiger partial charge in [-0.15, -0.1) is 11.3 Å². The fraction of sp³-hybridized carbons (Fsp3) is 0.290. The summed E-state index contributed by atoms with van der Waals surface area (Å²) in [5.41, 5.74) is 8.99. The predicted octanol–water partition coefficient (Wildman–Crippen LogP) is 5.22. The molecule has 1 saturated heterocycles. The minimum atomic E-state index is -0.681. The van der Waals surface area contributed by atoms with Gasteiger partial charge >= 0.3 is 0 Å². The summed E-state index contributed by atoms with van der Waals surface area (Å²) in [5.74, 6) is -0.351. The van der Waals surface area contributed by atoms with Gasteiger partial charge in [-0.05, 0) is 40.8 Å². The van der Waals surface area contributed by atoms with E-state index in [1.807, 2.05) is 74.7 Å². The van der Waals surface area contributed by atoms with Gasteiger partial charge in [0, 0.05) is 34.7 Å². The number of hydrogen-bond donors (Lipinski definition) is 2. The topological polar surface area (TPSA) is 105 Å². The second kappa shape index (κ2) is 10.7. The Morgan fingerprint density at radius 2 is 1.79 bits per heavy atom. The average Bonchev–Trinajstić information content (AvgIpc) is 3.59. The second-order valence-electron chi connectivity index (χ2n) is 11.1. The van der Waals surface area contributed by atoms with Crippen molar-refractivity contribution in [1.29, 1.82) is 0 Å². The Bertz CT molecular complexity index is 1530. The van der Waals surface area contributed by atoms with Gasteiger partial charge in [-0.2, -0.15) is 0 Å². The van der Waals surface area contributed by atoms with Crippen LogP contribution in [0.25, 0.3) is 22.0 Å². The molecule has 3 unspecified atom stereocenters. The molecule has 3 atom stereocenters. The van der Waals surface area contributed by atoms with Crippen LogP contribution in [-0.4, -0.2) is 46.6 Å². The molecule has 1 aliphatic rings. The number of amides is 2. The molecule has 5 rings (SSSR count). The number of nitrogens with zero attached hydrogens (tertiary/aromatic N) is 2. The van der Waals surface area contributed by atoms with E-state index in [-0.39, 0.29) is 23.9 Å². The highest BCUT2D eigenvalue weighted by atomic mass is 32.1. The van der Waals surface area contributed by atoms with Crippen LogP contribution in [0.1, 0.15) is 59.0 Å². The summed E-state index contributed by atoms with van der Waals surface area (Å²) in [5, 5.41) is 7.74. The maximum Gasteiger partial charge on any atom is 0.251 e. The third-order valence-corrected chi connectivity index (χ3v) is 8.20. The Labute approximate surface area is 232 Å². The van der Waals surface area contributed by atoms with Crippen LogP contribution in [0.5, 0.6) is 0 Å². The Morgan fingerprint density at radius 3 is 2.51 bits per heavy atom. The smallest absolute Gasteiger partial charge is 0.251 e. The van der Waals surface area contributed by atoms with E-state index in [1.165, 1.54) is 11.3 Å². The number of nitrogens with one attached hydrogen (secondary N) is 1. The number of rotatable bonds is 6. The summed E-state index contributed by atoms with van der Waals surface area (Å²) in [4.78, 5) is 44.6. The molecular weight excluding hydrogens is 508 g/mol. The van der Waals surface area contributed by atoms with Crippen molar-refractivity contribution in [3.63, 3.8) is 0 Å². The van der Waals surface area contributed by atoms with Gasteiger partial charge < -0.3 is 16.0 Å². The minimum Gasteiger partial charge on any atom is -0.347 e. The first-order valence-electron chi connectivity index (χ1n) is 13.0. The number of aldehydes is 1. The first kappa shape index (κ1) is 26.7. The Balaban J connectivity index is 1.39. The average molecular weight is 541 g/mol. The SMILES string of the molecule is CC(C)(C)C(N)C(=O)N1CC(NC(=O)c2ccc3cc(C=O)ccc3c2)CC1c1nc(-c2ccccc2)cs1. The quantitative estimate of drug-likeness (QED) is 0.326. The highest BCUT2D eigenvalue weighted by molar-refractivity contribution is 7.10. The molecule has 200 valence electrons. The lowest BCUT2D eigenvalue weighted by atomic mass is 9.86. The Kier molecular flexibility index (Phi) is 7.34. The third-order valence-electron chi connectivity index (χ3n) is 7.26. The van der Waals surface area contributed by atoms with Gasteiger partial charge in [-0.1, -0.05) is 69.3 Å². The Morgan fingerprint density at radius 1 is 1.08 bits per heavy atom. The molecule has 1 aliphatic heterocycles. The number of benzene rings is 3. The van der Waals surface area contributed by atoms with E-state index in [9.17, 15) is 14.4 Å². The van der Waals surface area contributed by atoms with Crippen molar-refractivity contribution in [3.05, 3.63) is 88.2 Å². The third kappa shape index (κ3) is 5.62. The lowest BCUT2D eigenvalue weighted by Crippen LogP contribution is -2.51. The van der Waals surface area contributed by atoms with Crippen LogP contribution >= 0.6 is 11.3 Å². The van der Waals surface area contributed by atoms with Gasteiger partial charge in [0.05, 0.1) is 17.8 Å². The molecule has 8 heteroatoms. The maximum atomic E-state index is 13.6. The molecule has 2 heterocycles. The zero-order valence-electron chi connectivity index (χ0n) is 22.3. The van der Waals surface area contributed by atoms with Crippen LogP contribution < -0.4 is 11.1 Å². The summed E-state index contributed by atoms with van der Waals surface area (Å²) in [6.07, 6.45) is 1.35. The van der Waals surface area contributed by atoms with E-state index in [0.29, 0.717) is 24.1 Å². The molecule has 0 spiro atoms. The molecule has 39 heavy (non-hydrogen) atoms. The van der Waals surface area contributed by atoms with Gasteiger partial charge in [-0.3, -0.25) is 14.4 Å². The van der Waals surface area contributed by atoms with Gasteiger partial charge in [-0.25, -0.2) is 4.98 Å². The zero-order chi connectivity index (χ0) is 27.7. The van der Waals surface area contributed by atoms with Crippen molar-refractivity contribution in [2.45, 2.75) is 45.3 Å². The molecule has 1 fully saturated rings. The summed E-state index contributed by atoms with van der Waals surface area (Å²) >= 11 is 1.52. The van der Waals surface area contributed by atoms with Crippen LogP contribution in [0.3, 0.4) is 0 Å². The molecule has 0 saturated carbocycles. The number of nitrogens with two attached hydrogens (primary N) is 1.